The lowest BCUT2D eigenvalue weighted by Crippen LogP contribution is -2.42. The minimum atomic E-state index is -4.25. The van der Waals surface area contributed by atoms with E-state index >= 15 is 0 Å². The number of nitrogens with one attached hydrogen (secondary N) is 2. The summed E-state index contributed by atoms with van der Waals surface area (Å²) < 4.78 is 54.2. The van der Waals surface area contributed by atoms with E-state index in [1.807, 2.05) is 0 Å². The molecule has 1 fully saturated rings. The Labute approximate surface area is 155 Å². The zero-order chi connectivity index (χ0) is 18.5. The first-order chi connectivity index (χ1) is 11.7. The number of amides is 1. The molecule has 0 radical (unpaired) electrons. The van der Waals surface area contributed by atoms with Gasteiger partial charge in [-0.1, -0.05) is 6.92 Å². The van der Waals surface area contributed by atoms with Gasteiger partial charge >= 0.3 is 12.3 Å². The highest BCUT2D eigenvalue weighted by molar-refractivity contribution is 5.93. The van der Waals surface area contributed by atoms with Gasteiger partial charge in [-0.25, -0.2) is 13.8 Å². The number of ether oxygens (including phenoxy) is 1. The van der Waals surface area contributed by atoms with Crippen molar-refractivity contribution in [1.82, 2.24) is 15.6 Å². The average Bonchev–Trinajstić information content (AvgIpc) is 2.59. The van der Waals surface area contributed by atoms with Gasteiger partial charge in [0.15, 0.2) is 6.61 Å². The van der Waals surface area contributed by atoms with Crippen LogP contribution in [0, 0.1) is 5.41 Å². The highest BCUT2D eigenvalue weighted by Crippen LogP contribution is 2.27. The van der Waals surface area contributed by atoms with Gasteiger partial charge in [0.25, 0.3) is 5.91 Å². The average molecular weight is 400 g/mol. The van der Waals surface area contributed by atoms with Crippen molar-refractivity contribution < 1.29 is 27.1 Å². The molecule has 2 rings (SSSR count). The zero-order valence-corrected chi connectivity index (χ0v) is 15.1. The summed E-state index contributed by atoms with van der Waals surface area (Å²) >= 11 is 0. The molecule has 0 unspecified atom stereocenters. The summed E-state index contributed by atoms with van der Waals surface area (Å²) in [5.74, 6) is -4.83. The fraction of sp³-hybridized carbons (Fsp3) is 0.625. The SMILES string of the molecule is CC1(CNC(=O)c2ccc(OCC(F)(F)C(F)F)nc2)CCNCC1.Cl. The Morgan fingerprint density at radius 3 is 2.58 bits per heavy atom. The summed E-state index contributed by atoms with van der Waals surface area (Å²) in [6.45, 7) is 2.96. The molecule has 1 saturated heterocycles. The number of carbonyl (C=O) groups is 1. The van der Waals surface area contributed by atoms with Gasteiger partial charge in [0.1, 0.15) is 0 Å². The number of carbonyl (C=O) groups excluding carboxylic acids is 1. The second-order valence-corrected chi connectivity index (χ2v) is 6.48. The van der Waals surface area contributed by atoms with E-state index in [-0.39, 0.29) is 35.2 Å². The molecule has 1 aromatic heterocycles. The van der Waals surface area contributed by atoms with E-state index in [2.05, 4.69) is 27.3 Å². The Balaban J connectivity index is 0.00000338. The summed E-state index contributed by atoms with van der Waals surface area (Å²) in [6, 6.07) is 2.55. The fourth-order valence-corrected chi connectivity index (χ4v) is 2.44. The van der Waals surface area contributed by atoms with Gasteiger partial charge in [0.05, 0.1) is 5.56 Å². The molecule has 0 atom stereocenters. The molecule has 1 aliphatic rings. The van der Waals surface area contributed by atoms with Crippen LogP contribution in [0.2, 0.25) is 0 Å². The fourth-order valence-electron chi connectivity index (χ4n) is 2.44. The molecule has 5 nitrogen and oxygen atoms in total. The molecular formula is C16H22ClF4N3O2. The molecule has 1 aromatic rings. The van der Waals surface area contributed by atoms with Crippen LogP contribution >= 0.6 is 12.4 Å². The molecule has 0 spiro atoms. The summed E-state index contributed by atoms with van der Waals surface area (Å²) in [4.78, 5) is 15.8. The first kappa shape index (κ1) is 22.4. The number of pyridine rings is 1. The first-order valence-corrected chi connectivity index (χ1v) is 7.96. The van der Waals surface area contributed by atoms with Gasteiger partial charge in [-0.15, -0.1) is 12.4 Å². The van der Waals surface area contributed by atoms with Crippen molar-refractivity contribution in [2.75, 3.05) is 26.2 Å². The quantitative estimate of drug-likeness (QED) is 0.692. The van der Waals surface area contributed by atoms with E-state index in [0.29, 0.717) is 6.54 Å². The molecule has 0 aromatic carbocycles. The molecule has 148 valence electrons. The van der Waals surface area contributed by atoms with Gasteiger partial charge in [0.2, 0.25) is 5.88 Å². The Morgan fingerprint density at radius 1 is 1.38 bits per heavy atom. The van der Waals surface area contributed by atoms with E-state index in [4.69, 9.17) is 0 Å². The first-order valence-electron chi connectivity index (χ1n) is 7.96. The molecule has 0 saturated carbocycles. The lowest BCUT2D eigenvalue weighted by Gasteiger charge is -2.34. The van der Waals surface area contributed by atoms with Gasteiger partial charge in [-0.2, -0.15) is 8.78 Å². The van der Waals surface area contributed by atoms with Gasteiger partial charge < -0.3 is 15.4 Å². The van der Waals surface area contributed by atoms with Crippen LogP contribution in [0.15, 0.2) is 18.3 Å². The van der Waals surface area contributed by atoms with Gasteiger partial charge in [-0.05, 0) is 37.4 Å². The van der Waals surface area contributed by atoms with Gasteiger partial charge in [-0.3, -0.25) is 4.79 Å². The topological polar surface area (TPSA) is 63.2 Å². The summed E-state index contributed by atoms with van der Waals surface area (Å²) in [5.41, 5.74) is 0.267. The number of halogens is 5. The van der Waals surface area contributed by atoms with Crippen LogP contribution in [-0.2, 0) is 0 Å². The highest BCUT2D eigenvalue weighted by Gasteiger charge is 2.41. The van der Waals surface area contributed by atoms with Crippen molar-refractivity contribution in [2.24, 2.45) is 5.41 Å². The van der Waals surface area contributed by atoms with E-state index in [9.17, 15) is 22.4 Å². The Morgan fingerprint density at radius 2 is 2.04 bits per heavy atom. The third kappa shape index (κ3) is 6.28. The number of alkyl halides is 4. The lowest BCUT2D eigenvalue weighted by molar-refractivity contribution is -0.148. The molecule has 2 heterocycles. The minimum Gasteiger partial charge on any atom is -0.471 e. The van der Waals surface area contributed by atoms with Crippen LogP contribution in [0.1, 0.15) is 30.1 Å². The van der Waals surface area contributed by atoms with Crippen molar-refractivity contribution in [1.29, 1.82) is 0 Å². The van der Waals surface area contributed by atoms with E-state index in [0.717, 1.165) is 32.1 Å². The molecule has 1 amide bonds. The van der Waals surface area contributed by atoms with Crippen molar-refractivity contribution in [2.45, 2.75) is 32.1 Å². The van der Waals surface area contributed by atoms with Crippen LogP contribution in [0.25, 0.3) is 0 Å². The Hall–Kier alpha value is -1.61. The number of hydrogen-bond donors (Lipinski definition) is 2. The number of aromatic nitrogens is 1. The number of nitrogens with zero attached hydrogens (tertiary/aromatic N) is 1. The van der Waals surface area contributed by atoms with Crippen LogP contribution < -0.4 is 15.4 Å². The molecule has 1 aliphatic heterocycles. The van der Waals surface area contributed by atoms with Crippen molar-refractivity contribution in [3.05, 3.63) is 23.9 Å². The largest absolute Gasteiger partial charge is 0.471 e. The molecule has 10 heteroatoms. The smallest absolute Gasteiger partial charge is 0.340 e. The van der Waals surface area contributed by atoms with Crippen LogP contribution in [0.4, 0.5) is 17.6 Å². The Kier molecular flexibility index (Phi) is 8.08. The third-order valence-electron chi connectivity index (χ3n) is 4.22. The van der Waals surface area contributed by atoms with E-state index in [1.165, 1.54) is 12.1 Å². The molecular weight excluding hydrogens is 378 g/mol. The summed E-state index contributed by atoms with van der Waals surface area (Å²) in [7, 11) is 0. The Bertz CT molecular complexity index is 581. The molecule has 0 bridgehead atoms. The lowest BCUT2D eigenvalue weighted by atomic mass is 9.81. The normalized spacial score (nSPS) is 16.7. The monoisotopic (exact) mass is 399 g/mol. The zero-order valence-electron chi connectivity index (χ0n) is 14.2. The maximum atomic E-state index is 12.8. The number of hydrogen-bond acceptors (Lipinski definition) is 4. The van der Waals surface area contributed by atoms with Crippen LogP contribution in [-0.4, -0.2) is 49.5 Å². The molecule has 26 heavy (non-hydrogen) atoms. The second kappa shape index (κ2) is 9.36. The standard InChI is InChI=1S/C16H21F4N3O2.ClH/c1-15(4-6-21-7-5-15)9-23-13(24)11-2-3-12(22-8-11)25-10-16(19,20)14(17)18;/h2-3,8,14,21H,4-7,9-10H2,1H3,(H,23,24);1H. The maximum Gasteiger partial charge on any atom is 0.340 e. The van der Waals surface area contributed by atoms with E-state index in [1.54, 1.807) is 0 Å². The van der Waals surface area contributed by atoms with Crippen LogP contribution in [0.5, 0.6) is 5.88 Å². The minimum absolute atomic E-state index is 0. The summed E-state index contributed by atoms with van der Waals surface area (Å²) in [5, 5.41) is 6.09. The predicted molar refractivity (Wildman–Crippen MR) is 90.5 cm³/mol. The number of rotatable bonds is 7. The van der Waals surface area contributed by atoms with Crippen LogP contribution in [0.3, 0.4) is 0 Å². The molecule has 0 aliphatic carbocycles. The second-order valence-electron chi connectivity index (χ2n) is 6.48. The summed E-state index contributed by atoms with van der Waals surface area (Å²) in [6.07, 6.45) is -0.739. The molecule has 2 N–H and O–H groups in total. The highest BCUT2D eigenvalue weighted by atomic mass is 35.5. The van der Waals surface area contributed by atoms with Gasteiger partial charge in [0, 0.05) is 18.8 Å². The number of piperidine rings is 1. The van der Waals surface area contributed by atoms with Crippen molar-refractivity contribution in [3.63, 3.8) is 0 Å². The van der Waals surface area contributed by atoms with E-state index < -0.39 is 19.0 Å². The van der Waals surface area contributed by atoms with Crippen molar-refractivity contribution >= 4 is 18.3 Å². The van der Waals surface area contributed by atoms with Crippen molar-refractivity contribution in [3.8, 4) is 5.88 Å². The maximum absolute atomic E-state index is 12.8. The predicted octanol–water partition coefficient (Wildman–Crippen LogP) is 2.90. The third-order valence-corrected chi connectivity index (χ3v) is 4.22.